The van der Waals surface area contributed by atoms with Crippen LogP contribution in [0.4, 0.5) is 5.69 Å². The zero-order valence-corrected chi connectivity index (χ0v) is 14.9. The third-order valence-corrected chi connectivity index (χ3v) is 5.54. The first-order valence-electron chi connectivity index (χ1n) is 7.37. The molecule has 0 bridgehead atoms. The topological polar surface area (TPSA) is 54.9 Å². The summed E-state index contributed by atoms with van der Waals surface area (Å²) in [4.78, 5) is 12.4. The molecule has 1 N–H and O–H groups in total. The third kappa shape index (κ3) is 4.30. The second-order valence-corrected chi connectivity index (χ2v) is 8.00. The van der Waals surface area contributed by atoms with E-state index in [4.69, 9.17) is 0 Å². The summed E-state index contributed by atoms with van der Waals surface area (Å²) < 4.78 is 0.829. The van der Waals surface area contributed by atoms with Crippen molar-refractivity contribution in [1.29, 1.82) is 0 Å². The number of carbonyl (C=O) groups is 1. The number of carbonyl (C=O) groups excluding carboxylic acids is 1. The van der Waals surface area contributed by atoms with E-state index in [1.54, 1.807) is 0 Å². The van der Waals surface area contributed by atoms with Crippen molar-refractivity contribution in [2.45, 2.75) is 49.6 Å². The summed E-state index contributed by atoms with van der Waals surface area (Å²) in [5.41, 5.74) is 2.09. The van der Waals surface area contributed by atoms with E-state index in [0.29, 0.717) is 5.92 Å². The van der Waals surface area contributed by atoms with Crippen molar-refractivity contribution < 1.29 is 4.79 Å². The van der Waals surface area contributed by atoms with Gasteiger partial charge in [0.15, 0.2) is 4.34 Å². The van der Waals surface area contributed by atoms with Crippen LogP contribution < -0.4 is 5.32 Å². The van der Waals surface area contributed by atoms with Crippen LogP contribution in [0.2, 0.25) is 0 Å². The molecule has 0 aliphatic carbocycles. The van der Waals surface area contributed by atoms with Crippen molar-refractivity contribution >= 4 is 34.7 Å². The molecule has 0 saturated carbocycles. The zero-order chi connectivity index (χ0) is 16.1. The molecule has 0 fully saturated rings. The lowest BCUT2D eigenvalue weighted by Gasteiger charge is -2.17. The van der Waals surface area contributed by atoms with Crippen LogP contribution in [-0.2, 0) is 4.79 Å². The van der Waals surface area contributed by atoms with Gasteiger partial charge in [-0.15, -0.1) is 10.2 Å². The molecular formula is C16H21N3OS2. The van der Waals surface area contributed by atoms with E-state index in [1.165, 1.54) is 28.7 Å². The van der Waals surface area contributed by atoms with E-state index >= 15 is 0 Å². The molecule has 1 heterocycles. The fourth-order valence-corrected chi connectivity index (χ4v) is 3.99. The average Bonchev–Trinajstić information content (AvgIpc) is 2.92. The summed E-state index contributed by atoms with van der Waals surface area (Å²) in [5, 5.41) is 11.8. The lowest BCUT2D eigenvalue weighted by molar-refractivity contribution is -0.115. The zero-order valence-electron chi connectivity index (χ0n) is 13.3. The van der Waals surface area contributed by atoms with Gasteiger partial charge < -0.3 is 5.32 Å². The van der Waals surface area contributed by atoms with Crippen molar-refractivity contribution in [1.82, 2.24) is 10.2 Å². The first-order chi connectivity index (χ1) is 10.5. The summed E-state index contributed by atoms with van der Waals surface area (Å²) in [6.45, 7) is 8.13. The molecule has 2 atom stereocenters. The van der Waals surface area contributed by atoms with Crippen LogP contribution in [0, 0.1) is 6.92 Å². The SMILES string of the molecule is CC[C@@H](C)c1ccccc1NC(=O)[C@@H](C)Sc1nnc(C)s1. The van der Waals surface area contributed by atoms with Gasteiger partial charge in [-0.2, -0.15) is 0 Å². The molecule has 0 aliphatic rings. The lowest BCUT2D eigenvalue weighted by Crippen LogP contribution is -2.23. The lowest BCUT2D eigenvalue weighted by atomic mass is 9.97. The van der Waals surface area contributed by atoms with Crippen molar-refractivity contribution in [2.75, 3.05) is 5.32 Å². The Kier molecular flexibility index (Phi) is 5.97. The molecule has 2 aromatic rings. The molecule has 0 aliphatic heterocycles. The summed E-state index contributed by atoms with van der Waals surface area (Å²) in [6.07, 6.45) is 1.04. The van der Waals surface area contributed by atoms with Gasteiger partial charge in [-0.3, -0.25) is 4.79 Å². The number of para-hydroxylation sites is 1. The van der Waals surface area contributed by atoms with Gasteiger partial charge in [-0.25, -0.2) is 0 Å². The predicted molar refractivity (Wildman–Crippen MR) is 93.7 cm³/mol. The highest BCUT2D eigenvalue weighted by atomic mass is 32.2. The van der Waals surface area contributed by atoms with Crippen LogP contribution in [-0.4, -0.2) is 21.4 Å². The van der Waals surface area contributed by atoms with E-state index < -0.39 is 0 Å². The molecule has 2 rings (SSSR count). The Morgan fingerprint density at radius 1 is 1.32 bits per heavy atom. The van der Waals surface area contributed by atoms with Gasteiger partial charge in [-0.05, 0) is 37.8 Å². The number of amides is 1. The van der Waals surface area contributed by atoms with Gasteiger partial charge >= 0.3 is 0 Å². The number of hydrogen-bond donors (Lipinski definition) is 1. The summed E-state index contributed by atoms with van der Waals surface area (Å²) >= 11 is 2.96. The third-order valence-electron chi connectivity index (χ3n) is 3.52. The number of benzene rings is 1. The molecule has 118 valence electrons. The Balaban J connectivity index is 2.05. The Morgan fingerprint density at radius 3 is 2.68 bits per heavy atom. The van der Waals surface area contributed by atoms with Gasteiger partial charge in [0.05, 0.1) is 5.25 Å². The molecule has 0 radical (unpaired) electrons. The van der Waals surface area contributed by atoms with Crippen LogP contribution in [0.15, 0.2) is 28.6 Å². The number of thioether (sulfide) groups is 1. The van der Waals surface area contributed by atoms with Crippen LogP contribution in [0.25, 0.3) is 0 Å². The standard InChI is InChI=1S/C16H21N3OS2/c1-5-10(2)13-8-6-7-9-14(13)17-15(20)11(3)21-16-19-18-12(4)22-16/h6-11H,5H2,1-4H3,(H,17,20)/t10-,11-/m1/s1. The largest absolute Gasteiger partial charge is 0.325 e. The number of hydrogen-bond acceptors (Lipinski definition) is 5. The molecule has 1 aromatic heterocycles. The number of nitrogens with one attached hydrogen (secondary N) is 1. The van der Waals surface area contributed by atoms with Crippen molar-refractivity contribution in [3.05, 3.63) is 34.8 Å². The minimum atomic E-state index is -0.211. The highest BCUT2D eigenvalue weighted by Crippen LogP contribution is 2.29. The van der Waals surface area contributed by atoms with Gasteiger partial charge in [-0.1, -0.05) is 55.1 Å². The maximum atomic E-state index is 12.4. The molecule has 0 unspecified atom stereocenters. The molecule has 1 amide bonds. The van der Waals surface area contributed by atoms with Crippen molar-refractivity contribution in [2.24, 2.45) is 0 Å². The molecule has 6 heteroatoms. The van der Waals surface area contributed by atoms with Crippen LogP contribution >= 0.6 is 23.1 Å². The average molecular weight is 335 g/mol. The number of aryl methyl sites for hydroxylation is 1. The van der Waals surface area contributed by atoms with Crippen LogP contribution in [0.3, 0.4) is 0 Å². The molecule has 22 heavy (non-hydrogen) atoms. The van der Waals surface area contributed by atoms with Crippen LogP contribution in [0.5, 0.6) is 0 Å². The molecule has 1 aromatic carbocycles. The maximum Gasteiger partial charge on any atom is 0.237 e. The summed E-state index contributed by atoms with van der Waals surface area (Å²) in [5.74, 6) is 0.416. The fraction of sp³-hybridized carbons (Fsp3) is 0.438. The quantitative estimate of drug-likeness (QED) is 0.791. The Hall–Kier alpha value is -1.40. The van der Waals surface area contributed by atoms with Gasteiger partial charge in [0.2, 0.25) is 5.91 Å². The Labute approximate surface area is 139 Å². The molecule has 0 saturated heterocycles. The van der Waals surface area contributed by atoms with Crippen molar-refractivity contribution in [3.8, 4) is 0 Å². The second kappa shape index (κ2) is 7.74. The van der Waals surface area contributed by atoms with E-state index in [-0.39, 0.29) is 11.2 Å². The number of aromatic nitrogens is 2. The molecular weight excluding hydrogens is 314 g/mol. The van der Waals surface area contributed by atoms with Gasteiger partial charge in [0, 0.05) is 5.69 Å². The van der Waals surface area contributed by atoms with Gasteiger partial charge in [0.25, 0.3) is 0 Å². The minimum absolute atomic E-state index is 0.00592. The first kappa shape index (κ1) is 17.0. The highest BCUT2D eigenvalue weighted by Gasteiger charge is 2.18. The van der Waals surface area contributed by atoms with E-state index in [0.717, 1.165) is 21.5 Å². The smallest absolute Gasteiger partial charge is 0.237 e. The first-order valence-corrected chi connectivity index (χ1v) is 9.07. The van der Waals surface area contributed by atoms with Crippen molar-refractivity contribution in [3.63, 3.8) is 0 Å². The predicted octanol–water partition coefficient (Wildman–Crippen LogP) is 4.48. The second-order valence-electron chi connectivity index (χ2n) is 5.23. The van der Waals surface area contributed by atoms with E-state index in [1.807, 2.05) is 32.0 Å². The highest BCUT2D eigenvalue weighted by molar-refractivity contribution is 8.02. The summed E-state index contributed by atoms with van der Waals surface area (Å²) in [7, 11) is 0. The maximum absolute atomic E-state index is 12.4. The summed E-state index contributed by atoms with van der Waals surface area (Å²) in [6, 6.07) is 8.01. The monoisotopic (exact) mass is 335 g/mol. The van der Waals surface area contributed by atoms with E-state index in [2.05, 4.69) is 35.4 Å². The minimum Gasteiger partial charge on any atom is -0.325 e. The van der Waals surface area contributed by atoms with E-state index in [9.17, 15) is 4.79 Å². The normalized spacial score (nSPS) is 13.6. The number of nitrogens with zero attached hydrogens (tertiary/aromatic N) is 2. The molecule has 4 nitrogen and oxygen atoms in total. The molecule has 0 spiro atoms. The van der Waals surface area contributed by atoms with Gasteiger partial charge in [0.1, 0.15) is 5.01 Å². The number of rotatable bonds is 6. The Morgan fingerprint density at radius 2 is 2.05 bits per heavy atom. The fourth-order valence-electron chi connectivity index (χ4n) is 2.03. The Bertz CT molecular complexity index is 642. The number of anilines is 1. The van der Waals surface area contributed by atoms with Crippen LogP contribution in [0.1, 0.15) is 43.7 Å².